The van der Waals surface area contributed by atoms with E-state index in [4.69, 9.17) is 23.1 Å². The molecule has 0 saturated carbocycles. The van der Waals surface area contributed by atoms with Crippen molar-refractivity contribution in [3.05, 3.63) is 34.4 Å². The standard InChI is InChI=1S/C12H6O4/c1-3-7-5-8(4-2)10(12(15)16)9(6-7)11(13)14/h1-2,5-6H,(H,13,14)(H,15,16). The van der Waals surface area contributed by atoms with Crippen molar-refractivity contribution in [2.24, 2.45) is 0 Å². The Labute approximate surface area is 91.5 Å². The lowest BCUT2D eigenvalue weighted by Crippen LogP contribution is -2.11. The van der Waals surface area contributed by atoms with Crippen LogP contribution in [0.3, 0.4) is 0 Å². The number of hydrogen-bond donors (Lipinski definition) is 2. The summed E-state index contributed by atoms with van der Waals surface area (Å²) in [6.45, 7) is 0. The molecule has 0 heterocycles. The smallest absolute Gasteiger partial charge is 0.337 e. The van der Waals surface area contributed by atoms with Gasteiger partial charge < -0.3 is 10.2 Å². The molecule has 16 heavy (non-hydrogen) atoms. The molecular formula is C12H6O4. The van der Waals surface area contributed by atoms with Gasteiger partial charge in [0.05, 0.1) is 11.1 Å². The van der Waals surface area contributed by atoms with Crippen molar-refractivity contribution >= 4 is 11.9 Å². The van der Waals surface area contributed by atoms with E-state index in [0.717, 1.165) is 6.07 Å². The van der Waals surface area contributed by atoms with Crippen molar-refractivity contribution < 1.29 is 19.8 Å². The predicted octanol–water partition coefficient (Wildman–Crippen LogP) is 1.05. The molecule has 0 amide bonds. The zero-order valence-electron chi connectivity index (χ0n) is 8.02. The van der Waals surface area contributed by atoms with Crippen molar-refractivity contribution in [3.8, 4) is 24.7 Å². The third kappa shape index (κ3) is 1.87. The number of aromatic carboxylic acids is 2. The molecule has 1 aromatic rings. The summed E-state index contributed by atoms with van der Waals surface area (Å²) in [7, 11) is 0. The lowest BCUT2D eigenvalue weighted by atomic mass is 9.98. The van der Waals surface area contributed by atoms with E-state index in [1.807, 2.05) is 0 Å². The van der Waals surface area contributed by atoms with Crippen LogP contribution in [0.1, 0.15) is 31.8 Å². The summed E-state index contributed by atoms with van der Waals surface area (Å²) in [5.41, 5.74) is -0.638. The highest BCUT2D eigenvalue weighted by Gasteiger charge is 2.20. The van der Waals surface area contributed by atoms with Crippen LogP contribution in [-0.2, 0) is 0 Å². The molecule has 2 N–H and O–H groups in total. The van der Waals surface area contributed by atoms with E-state index in [-0.39, 0.29) is 11.1 Å². The molecule has 0 atom stereocenters. The van der Waals surface area contributed by atoms with Gasteiger partial charge in [0, 0.05) is 11.1 Å². The molecule has 0 aliphatic rings. The van der Waals surface area contributed by atoms with Crippen molar-refractivity contribution in [2.75, 3.05) is 0 Å². The Hall–Kier alpha value is -2.72. The Bertz CT molecular complexity index is 556. The summed E-state index contributed by atoms with van der Waals surface area (Å²) in [6, 6.07) is 2.39. The molecule has 0 aliphatic carbocycles. The lowest BCUT2D eigenvalue weighted by molar-refractivity contribution is 0.0651. The van der Waals surface area contributed by atoms with Crippen LogP contribution in [0.5, 0.6) is 0 Å². The minimum atomic E-state index is -1.39. The van der Waals surface area contributed by atoms with Crippen LogP contribution in [0, 0.1) is 24.7 Å². The molecule has 4 nitrogen and oxygen atoms in total. The molecule has 0 aliphatic heterocycles. The summed E-state index contributed by atoms with van der Waals surface area (Å²) in [4.78, 5) is 21.8. The Kier molecular flexibility index (Phi) is 2.98. The van der Waals surface area contributed by atoms with Gasteiger partial charge in [-0.1, -0.05) is 11.8 Å². The summed E-state index contributed by atoms with van der Waals surface area (Å²) >= 11 is 0. The van der Waals surface area contributed by atoms with Crippen LogP contribution in [-0.4, -0.2) is 22.2 Å². The summed E-state index contributed by atoms with van der Waals surface area (Å²) in [6.07, 6.45) is 10.2. The Balaban J connectivity index is 3.70. The fourth-order valence-electron chi connectivity index (χ4n) is 1.24. The van der Waals surface area contributed by atoms with Crippen molar-refractivity contribution in [1.29, 1.82) is 0 Å². The molecule has 0 spiro atoms. The first-order chi connectivity index (χ1) is 7.51. The van der Waals surface area contributed by atoms with Crippen LogP contribution in [0.25, 0.3) is 0 Å². The first-order valence-electron chi connectivity index (χ1n) is 4.09. The average Bonchev–Trinajstić information content (AvgIpc) is 2.26. The topological polar surface area (TPSA) is 74.6 Å². The van der Waals surface area contributed by atoms with Crippen LogP contribution >= 0.6 is 0 Å². The maximum Gasteiger partial charge on any atom is 0.337 e. The van der Waals surface area contributed by atoms with Crippen molar-refractivity contribution in [1.82, 2.24) is 0 Å². The number of rotatable bonds is 2. The molecule has 0 radical (unpaired) electrons. The first-order valence-corrected chi connectivity index (χ1v) is 4.09. The molecule has 4 heteroatoms. The zero-order chi connectivity index (χ0) is 12.3. The third-order valence-electron chi connectivity index (χ3n) is 1.90. The molecule has 0 saturated heterocycles. The van der Waals surface area contributed by atoms with Gasteiger partial charge in [0.25, 0.3) is 0 Å². The highest BCUT2D eigenvalue weighted by molar-refractivity contribution is 6.03. The second-order valence-electron chi connectivity index (χ2n) is 2.85. The number of carboxylic acid groups (broad SMARTS) is 2. The maximum absolute atomic E-state index is 10.9. The summed E-state index contributed by atoms with van der Waals surface area (Å²) in [5.74, 6) is 1.54. The van der Waals surface area contributed by atoms with Gasteiger partial charge in [0.15, 0.2) is 0 Å². The highest BCUT2D eigenvalue weighted by Crippen LogP contribution is 2.17. The van der Waals surface area contributed by atoms with Gasteiger partial charge in [-0.15, -0.1) is 12.8 Å². The van der Waals surface area contributed by atoms with Gasteiger partial charge >= 0.3 is 11.9 Å². The van der Waals surface area contributed by atoms with Crippen LogP contribution < -0.4 is 0 Å². The van der Waals surface area contributed by atoms with Gasteiger partial charge in [-0.05, 0) is 12.1 Å². The maximum atomic E-state index is 10.9. The Morgan fingerprint density at radius 1 is 1.06 bits per heavy atom. The summed E-state index contributed by atoms with van der Waals surface area (Å²) in [5, 5.41) is 17.7. The van der Waals surface area contributed by atoms with Crippen molar-refractivity contribution in [2.45, 2.75) is 0 Å². The third-order valence-corrected chi connectivity index (χ3v) is 1.90. The molecule has 0 unspecified atom stereocenters. The molecular weight excluding hydrogens is 208 g/mol. The van der Waals surface area contributed by atoms with E-state index < -0.39 is 23.1 Å². The van der Waals surface area contributed by atoms with Gasteiger partial charge in [-0.3, -0.25) is 0 Å². The molecule has 78 valence electrons. The van der Waals surface area contributed by atoms with E-state index in [0.29, 0.717) is 0 Å². The molecule has 1 aromatic carbocycles. The van der Waals surface area contributed by atoms with Crippen LogP contribution in [0.2, 0.25) is 0 Å². The van der Waals surface area contributed by atoms with Gasteiger partial charge in [-0.2, -0.15) is 0 Å². The number of benzene rings is 1. The fraction of sp³-hybridized carbons (Fsp3) is 0. The molecule has 0 fully saturated rings. The average molecular weight is 214 g/mol. The SMILES string of the molecule is C#Cc1cc(C#C)c(C(=O)O)c(C(=O)O)c1. The van der Waals surface area contributed by atoms with E-state index >= 15 is 0 Å². The Morgan fingerprint density at radius 3 is 2.06 bits per heavy atom. The largest absolute Gasteiger partial charge is 0.478 e. The van der Waals surface area contributed by atoms with Crippen LogP contribution in [0.15, 0.2) is 12.1 Å². The van der Waals surface area contributed by atoms with E-state index in [1.165, 1.54) is 6.07 Å². The van der Waals surface area contributed by atoms with Gasteiger partial charge in [0.1, 0.15) is 0 Å². The second kappa shape index (κ2) is 4.20. The second-order valence-corrected chi connectivity index (χ2v) is 2.85. The van der Waals surface area contributed by atoms with Gasteiger partial charge in [-0.25, -0.2) is 9.59 Å². The zero-order valence-corrected chi connectivity index (χ0v) is 8.02. The molecule has 0 aromatic heterocycles. The fourth-order valence-corrected chi connectivity index (χ4v) is 1.24. The lowest BCUT2D eigenvalue weighted by Gasteiger charge is -2.05. The van der Waals surface area contributed by atoms with E-state index in [9.17, 15) is 9.59 Å². The molecule has 1 rings (SSSR count). The predicted molar refractivity (Wildman–Crippen MR) is 56.2 cm³/mol. The van der Waals surface area contributed by atoms with E-state index in [2.05, 4.69) is 11.8 Å². The van der Waals surface area contributed by atoms with E-state index in [1.54, 1.807) is 0 Å². The minimum absolute atomic E-state index is 0.0413. The number of carboxylic acids is 2. The molecule has 0 bridgehead atoms. The quantitative estimate of drug-likeness (QED) is 0.721. The first kappa shape index (κ1) is 11.4. The number of carbonyl (C=O) groups is 2. The Morgan fingerprint density at radius 2 is 1.69 bits per heavy atom. The van der Waals surface area contributed by atoms with Crippen LogP contribution in [0.4, 0.5) is 0 Å². The minimum Gasteiger partial charge on any atom is -0.478 e. The summed E-state index contributed by atoms with van der Waals surface area (Å²) < 4.78 is 0. The van der Waals surface area contributed by atoms with Gasteiger partial charge in [0.2, 0.25) is 0 Å². The number of hydrogen-bond acceptors (Lipinski definition) is 2. The highest BCUT2D eigenvalue weighted by atomic mass is 16.4. The monoisotopic (exact) mass is 214 g/mol. The van der Waals surface area contributed by atoms with Crippen molar-refractivity contribution in [3.63, 3.8) is 0 Å². The number of terminal acetylenes is 2. The normalized spacial score (nSPS) is 8.88.